The highest BCUT2D eigenvalue weighted by molar-refractivity contribution is 9.09. The van der Waals surface area contributed by atoms with Crippen molar-refractivity contribution < 1.29 is 19.4 Å². The predicted molar refractivity (Wildman–Crippen MR) is 73.9 cm³/mol. The molecule has 0 radical (unpaired) electrons. The quantitative estimate of drug-likeness (QED) is 0.258. The molecule has 0 aliphatic carbocycles. The highest BCUT2D eigenvalue weighted by atomic mass is 79.9. The number of hydrogen-bond acceptors (Lipinski definition) is 3. The van der Waals surface area contributed by atoms with Crippen LogP contribution in [0.5, 0.6) is 0 Å². The zero-order valence-corrected chi connectivity index (χ0v) is 12.4. The third-order valence-electron chi connectivity index (χ3n) is 2.59. The van der Waals surface area contributed by atoms with Crippen LogP contribution in [-0.4, -0.2) is 29.0 Å². The van der Waals surface area contributed by atoms with E-state index >= 15 is 0 Å². The van der Waals surface area contributed by atoms with Crippen LogP contribution in [0.1, 0.15) is 57.8 Å². The van der Waals surface area contributed by atoms with Crippen LogP contribution in [0, 0.1) is 0 Å². The minimum Gasteiger partial charge on any atom is -0.481 e. The van der Waals surface area contributed by atoms with Gasteiger partial charge < -0.3 is 9.84 Å². The van der Waals surface area contributed by atoms with Crippen molar-refractivity contribution in [1.82, 2.24) is 0 Å². The first-order chi connectivity index (χ1) is 8.66. The number of carboxylic acid groups (broad SMARTS) is 1. The van der Waals surface area contributed by atoms with Gasteiger partial charge in [0.25, 0.3) is 0 Å². The number of carbonyl (C=O) groups is 2. The van der Waals surface area contributed by atoms with Crippen molar-refractivity contribution in [1.29, 1.82) is 0 Å². The fourth-order valence-corrected chi connectivity index (χ4v) is 2.01. The second-order valence-electron chi connectivity index (χ2n) is 4.31. The van der Waals surface area contributed by atoms with E-state index in [9.17, 15) is 9.59 Å². The smallest absolute Gasteiger partial charge is 0.317 e. The monoisotopic (exact) mass is 322 g/mol. The van der Waals surface area contributed by atoms with Gasteiger partial charge in [-0.1, -0.05) is 54.5 Å². The molecule has 4 nitrogen and oxygen atoms in total. The lowest BCUT2D eigenvalue weighted by atomic mass is 10.1. The molecule has 5 heteroatoms. The van der Waals surface area contributed by atoms with Crippen LogP contribution in [0.15, 0.2) is 0 Å². The van der Waals surface area contributed by atoms with Crippen LogP contribution in [0.3, 0.4) is 0 Å². The molecule has 0 fully saturated rings. The van der Waals surface area contributed by atoms with E-state index in [2.05, 4.69) is 15.9 Å². The summed E-state index contributed by atoms with van der Waals surface area (Å²) in [4.78, 5) is 21.1. The molecule has 106 valence electrons. The Morgan fingerprint density at radius 3 is 1.89 bits per heavy atom. The third kappa shape index (κ3) is 13.5. The zero-order valence-electron chi connectivity index (χ0n) is 10.8. The molecule has 0 aliphatic rings. The number of esters is 1. The SMILES string of the molecule is O=C(O)CC(=O)OCCCCCCCCCCBr. The summed E-state index contributed by atoms with van der Waals surface area (Å²) in [7, 11) is 0. The standard InChI is InChI=1S/C13H23BrO4/c14-9-7-5-3-1-2-4-6-8-10-18-13(17)11-12(15)16/h1-11H2,(H,15,16). The molecular formula is C13H23BrO4. The largest absolute Gasteiger partial charge is 0.481 e. The van der Waals surface area contributed by atoms with Crippen LogP contribution in [-0.2, 0) is 14.3 Å². The first-order valence-electron chi connectivity index (χ1n) is 6.60. The molecule has 0 aliphatic heterocycles. The molecule has 0 aromatic heterocycles. The Morgan fingerprint density at radius 1 is 0.889 bits per heavy atom. The van der Waals surface area contributed by atoms with Crippen LogP contribution in [0.4, 0.5) is 0 Å². The number of carbonyl (C=O) groups excluding carboxylic acids is 1. The van der Waals surface area contributed by atoms with Crippen LogP contribution in [0.2, 0.25) is 0 Å². The molecule has 0 spiro atoms. The van der Waals surface area contributed by atoms with E-state index in [1.165, 1.54) is 32.1 Å². The van der Waals surface area contributed by atoms with Crippen LogP contribution >= 0.6 is 15.9 Å². The number of rotatable bonds is 12. The molecule has 0 saturated carbocycles. The van der Waals surface area contributed by atoms with Gasteiger partial charge >= 0.3 is 11.9 Å². The van der Waals surface area contributed by atoms with Crippen molar-refractivity contribution in [2.24, 2.45) is 0 Å². The molecule has 0 aromatic carbocycles. The van der Waals surface area contributed by atoms with Crippen LogP contribution in [0.25, 0.3) is 0 Å². The number of unbranched alkanes of at least 4 members (excludes halogenated alkanes) is 7. The molecule has 0 heterocycles. The topological polar surface area (TPSA) is 63.6 Å². The average Bonchev–Trinajstić information content (AvgIpc) is 2.30. The highest BCUT2D eigenvalue weighted by Crippen LogP contribution is 2.09. The van der Waals surface area contributed by atoms with Gasteiger partial charge in [-0.15, -0.1) is 0 Å². The summed E-state index contributed by atoms with van der Waals surface area (Å²) in [6.07, 6.45) is 8.82. The fraction of sp³-hybridized carbons (Fsp3) is 0.846. The van der Waals surface area contributed by atoms with Gasteiger partial charge in [0, 0.05) is 5.33 Å². The van der Waals surface area contributed by atoms with E-state index in [4.69, 9.17) is 9.84 Å². The Morgan fingerprint density at radius 2 is 1.39 bits per heavy atom. The number of ether oxygens (including phenoxy) is 1. The number of halogens is 1. The maximum absolute atomic E-state index is 10.9. The summed E-state index contributed by atoms with van der Waals surface area (Å²) in [5, 5.41) is 9.43. The lowest BCUT2D eigenvalue weighted by Gasteiger charge is -2.03. The van der Waals surface area contributed by atoms with Crippen molar-refractivity contribution >= 4 is 27.9 Å². The van der Waals surface area contributed by atoms with E-state index < -0.39 is 18.4 Å². The summed E-state index contributed by atoms with van der Waals surface area (Å²) in [5.74, 6) is -1.78. The van der Waals surface area contributed by atoms with Gasteiger partial charge in [0.15, 0.2) is 0 Å². The Labute approximate surface area is 117 Å². The fourth-order valence-electron chi connectivity index (χ4n) is 1.62. The Balaban J connectivity index is 3.11. The summed E-state index contributed by atoms with van der Waals surface area (Å²) in [6.45, 7) is 0.343. The predicted octanol–water partition coefficient (Wildman–Crippen LogP) is 3.52. The Bertz CT molecular complexity index is 231. The minimum absolute atomic E-state index is 0.343. The van der Waals surface area contributed by atoms with Gasteiger partial charge in [0.2, 0.25) is 0 Å². The summed E-state index contributed by atoms with van der Waals surface area (Å²) in [6, 6.07) is 0. The minimum atomic E-state index is -1.14. The summed E-state index contributed by atoms with van der Waals surface area (Å²) < 4.78 is 4.79. The molecule has 0 saturated heterocycles. The molecule has 1 N–H and O–H groups in total. The molecule has 0 atom stereocenters. The lowest BCUT2D eigenvalue weighted by Crippen LogP contribution is -2.11. The van der Waals surface area contributed by atoms with Gasteiger partial charge in [0.05, 0.1) is 6.61 Å². The molecule has 0 aromatic rings. The molecule has 18 heavy (non-hydrogen) atoms. The van der Waals surface area contributed by atoms with E-state index in [0.717, 1.165) is 24.6 Å². The summed E-state index contributed by atoms with van der Waals surface area (Å²) in [5.41, 5.74) is 0. The number of aliphatic carboxylic acids is 1. The molecular weight excluding hydrogens is 300 g/mol. The van der Waals surface area contributed by atoms with E-state index in [1.54, 1.807) is 0 Å². The molecule has 0 rings (SSSR count). The van der Waals surface area contributed by atoms with Crippen molar-refractivity contribution in [2.75, 3.05) is 11.9 Å². The second kappa shape index (κ2) is 12.9. The van der Waals surface area contributed by atoms with E-state index in [0.29, 0.717) is 6.61 Å². The van der Waals surface area contributed by atoms with Gasteiger partial charge in [-0.05, 0) is 12.8 Å². The molecule has 0 unspecified atom stereocenters. The van der Waals surface area contributed by atoms with E-state index in [-0.39, 0.29) is 0 Å². The highest BCUT2D eigenvalue weighted by Gasteiger charge is 2.07. The molecule has 0 amide bonds. The van der Waals surface area contributed by atoms with E-state index in [1.807, 2.05) is 0 Å². The first kappa shape index (κ1) is 17.4. The van der Waals surface area contributed by atoms with Gasteiger partial charge in [-0.3, -0.25) is 9.59 Å². The van der Waals surface area contributed by atoms with Crippen molar-refractivity contribution in [2.45, 2.75) is 57.8 Å². The van der Waals surface area contributed by atoms with Gasteiger partial charge in [0.1, 0.15) is 6.42 Å². The maximum Gasteiger partial charge on any atom is 0.317 e. The van der Waals surface area contributed by atoms with Crippen molar-refractivity contribution in [3.05, 3.63) is 0 Å². The molecule has 0 bridgehead atoms. The number of alkyl halides is 1. The normalized spacial score (nSPS) is 10.3. The Hall–Kier alpha value is -0.580. The van der Waals surface area contributed by atoms with Gasteiger partial charge in [-0.25, -0.2) is 0 Å². The lowest BCUT2D eigenvalue weighted by molar-refractivity contribution is -0.151. The number of hydrogen-bond donors (Lipinski definition) is 1. The Kier molecular flexibility index (Phi) is 12.5. The average molecular weight is 323 g/mol. The third-order valence-corrected chi connectivity index (χ3v) is 3.15. The van der Waals surface area contributed by atoms with Crippen molar-refractivity contribution in [3.8, 4) is 0 Å². The second-order valence-corrected chi connectivity index (χ2v) is 5.10. The maximum atomic E-state index is 10.9. The summed E-state index contributed by atoms with van der Waals surface area (Å²) >= 11 is 3.41. The zero-order chi connectivity index (χ0) is 13.6. The first-order valence-corrected chi connectivity index (χ1v) is 7.72. The van der Waals surface area contributed by atoms with Gasteiger partial charge in [-0.2, -0.15) is 0 Å². The number of carboxylic acids is 1. The van der Waals surface area contributed by atoms with Crippen LogP contribution < -0.4 is 0 Å². The van der Waals surface area contributed by atoms with Crippen molar-refractivity contribution in [3.63, 3.8) is 0 Å².